The van der Waals surface area contributed by atoms with E-state index < -0.39 is 5.97 Å². The molecule has 3 aromatic rings. The van der Waals surface area contributed by atoms with Gasteiger partial charge in [0.2, 0.25) is 5.91 Å². The quantitative estimate of drug-likeness (QED) is 0.640. The molecule has 7 nitrogen and oxygen atoms in total. The van der Waals surface area contributed by atoms with Crippen molar-refractivity contribution in [3.8, 4) is 0 Å². The first-order valence-corrected chi connectivity index (χ1v) is 10.3. The summed E-state index contributed by atoms with van der Waals surface area (Å²) in [7, 11) is 0. The minimum Gasteiger partial charge on any atom is -0.454 e. The van der Waals surface area contributed by atoms with Crippen molar-refractivity contribution in [2.24, 2.45) is 0 Å². The molecule has 4 rings (SSSR count). The van der Waals surface area contributed by atoms with E-state index in [0.29, 0.717) is 21.5 Å². The van der Waals surface area contributed by atoms with Gasteiger partial charge in [-0.05, 0) is 49.8 Å². The van der Waals surface area contributed by atoms with Gasteiger partial charge >= 0.3 is 5.97 Å². The van der Waals surface area contributed by atoms with Crippen LogP contribution >= 0.6 is 11.3 Å². The molecule has 0 aliphatic heterocycles. The van der Waals surface area contributed by atoms with E-state index in [-0.39, 0.29) is 23.9 Å². The maximum atomic E-state index is 12.9. The van der Waals surface area contributed by atoms with Crippen LogP contribution in [-0.2, 0) is 29.0 Å². The van der Waals surface area contributed by atoms with E-state index >= 15 is 0 Å². The van der Waals surface area contributed by atoms with Crippen LogP contribution in [0.3, 0.4) is 0 Å². The highest BCUT2D eigenvalue weighted by Crippen LogP contribution is 2.38. The number of fused-ring (bicyclic) bond motifs is 2. The van der Waals surface area contributed by atoms with Crippen molar-refractivity contribution in [2.45, 2.75) is 46.1 Å². The van der Waals surface area contributed by atoms with Gasteiger partial charge in [-0.25, -0.2) is 9.78 Å². The van der Waals surface area contributed by atoms with Crippen molar-refractivity contribution in [1.29, 1.82) is 0 Å². The molecule has 0 saturated carbocycles. The standard InChI is InChI=1S/C21H21N3O4S/c1-11-6-5-8-14-18(11)23-16(24-19(14)26)10-28-21(27)17-13-7-3-4-9-15(13)29-20(17)22-12(2)25/h5-6,8H,3-4,7,9-10H2,1-2H3,(H,22,25)(H,23,24,26). The first-order chi connectivity index (χ1) is 13.9. The first kappa shape index (κ1) is 19.3. The zero-order chi connectivity index (χ0) is 20.5. The van der Waals surface area contributed by atoms with Gasteiger partial charge in [0.25, 0.3) is 5.56 Å². The molecule has 29 heavy (non-hydrogen) atoms. The smallest absolute Gasteiger partial charge is 0.341 e. The van der Waals surface area contributed by atoms with Crippen LogP contribution in [0.5, 0.6) is 0 Å². The number of nitrogens with one attached hydrogen (secondary N) is 2. The highest BCUT2D eigenvalue weighted by atomic mass is 32.1. The van der Waals surface area contributed by atoms with Crippen molar-refractivity contribution in [2.75, 3.05) is 5.32 Å². The number of nitrogens with zero attached hydrogens (tertiary/aromatic N) is 1. The van der Waals surface area contributed by atoms with Crippen LogP contribution in [0.25, 0.3) is 10.9 Å². The molecule has 2 heterocycles. The van der Waals surface area contributed by atoms with Crippen LogP contribution < -0.4 is 10.9 Å². The topological polar surface area (TPSA) is 101 Å². The summed E-state index contributed by atoms with van der Waals surface area (Å²) in [6, 6.07) is 5.39. The van der Waals surface area contributed by atoms with Gasteiger partial charge in [-0.3, -0.25) is 9.59 Å². The summed E-state index contributed by atoms with van der Waals surface area (Å²) in [6.07, 6.45) is 3.77. The maximum absolute atomic E-state index is 12.9. The van der Waals surface area contributed by atoms with Gasteiger partial charge in [0.15, 0.2) is 0 Å². The molecule has 1 amide bonds. The molecule has 0 spiro atoms. The summed E-state index contributed by atoms with van der Waals surface area (Å²) in [6.45, 7) is 3.14. The number of amides is 1. The zero-order valence-electron chi connectivity index (χ0n) is 16.3. The lowest BCUT2D eigenvalue weighted by Crippen LogP contribution is -2.17. The highest BCUT2D eigenvalue weighted by Gasteiger charge is 2.27. The number of hydrogen-bond acceptors (Lipinski definition) is 6. The van der Waals surface area contributed by atoms with Crippen LogP contribution in [-0.4, -0.2) is 21.8 Å². The van der Waals surface area contributed by atoms with Crippen LogP contribution in [0.4, 0.5) is 5.00 Å². The Morgan fingerprint density at radius 3 is 2.86 bits per heavy atom. The molecule has 1 aromatic carbocycles. The number of hydrogen-bond donors (Lipinski definition) is 2. The van der Waals surface area contributed by atoms with Crippen LogP contribution in [0, 0.1) is 6.92 Å². The zero-order valence-corrected chi connectivity index (χ0v) is 17.1. The van der Waals surface area contributed by atoms with Crippen molar-refractivity contribution in [3.63, 3.8) is 0 Å². The van der Waals surface area contributed by atoms with Gasteiger partial charge in [0.1, 0.15) is 17.4 Å². The predicted molar refractivity (Wildman–Crippen MR) is 111 cm³/mol. The SMILES string of the molecule is CC(=O)Nc1sc2c(c1C(=O)OCc1nc3c(C)cccc3c(=O)[nH]1)CCCC2. The Morgan fingerprint density at radius 1 is 1.28 bits per heavy atom. The lowest BCUT2D eigenvalue weighted by Gasteiger charge is -2.13. The molecule has 0 saturated heterocycles. The number of aromatic nitrogens is 2. The average Bonchev–Trinajstić information content (AvgIpc) is 3.04. The van der Waals surface area contributed by atoms with Crippen LogP contribution in [0.15, 0.2) is 23.0 Å². The van der Waals surface area contributed by atoms with Gasteiger partial charge in [0.05, 0.1) is 16.5 Å². The average molecular weight is 411 g/mol. The molecule has 0 atom stereocenters. The second-order valence-corrected chi connectivity index (χ2v) is 8.26. The fourth-order valence-electron chi connectivity index (χ4n) is 3.66. The Hall–Kier alpha value is -3.00. The molecule has 2 N–H and O–H groups in total. The Labute approximate surface area is 171 Å². The summed E-state index contributed by atoms with van der Waals surface area (Å²) in [5, 5.41) is 3.79. The number of carbonyl (C=O) groups is 2. The number of thiophene rings is 1. The minimum absolute atomic E-state index is 0.150. The third kappa shape index (κ3) is 3.80. The normalized spacial score (nSPS) is 13.2. The summed E-state index contributed by atoms with van der Waals surface area (Å²) < 4.78 is 5.49. The number of anilines is 1. The van der Waals surface area contributed by atoms with E-state index in [1.165, 1.54) is 18.3 Å². The third-order valence-electron chi connectivity index (χ3n) is 4.99. The largest absolute Gasteiger partial charge is 0.454 e. The fraction of sp³-hybridized carbons (Fsp3) is 0.333. The maximum Gasteiger partial charge on any atom is 0.341 e. The molecule has 1 aliphatic carbocycles. The van der Waals surface area contributed by atoms with Gasteiger partial charge in [-0.2, -0.15) is 0 Å². The van der Waals surface area contributed by atoms with Crippen LogP contribution in [0.1, 0.15) is 52.0 Å². The molecule has 2 aromatic heterocycles. The lowest BCUT2D eigenvalue weighted by atomic mass is 9.95. The Morgan fingerprint density at radius 2 is 2.07 bits per heavy atom. The number of aromatic amines is 1. The summed E-state index contributed by atoms with van der Waals surface area (Å²) in [4.78, 5) is 45.0. The molecule has 8 heteroatoms. The minimum atomic E-state index is -0.513. The second kappa shape index (κ2) is 7.79. The second-order valence-electron chi connectivity index (χ2n) is 7.16. The number of para-hydroxylation sites is 1. The van der Waals surface area contributed by atoms with Gasteiger partial charge in [0, 0.05) is 11.8 Å². The number of aryl methyl sites for hydroxylation is 2. The summed E-state index contributed by atoms with van der Waals surface area (Å²) >= 11 is 1.44. The Kier molecular flexibility index (Phi) is 5.19. The molecule has 0 fully saturated rings. The first-order valence-electron chi connectivity index (χ1n) is 9.52. The van der Waals surface area contributed by atoms with E-state index in [9.17, 15) is 14.4 Å². The highest BCUT2D eigenvalue weighted by molar-refractivity contribution is 7.17. The molecule has 1 aliphatic rings. The van der Waals surface area contributed by atoms with Gasteiger partial charge in [-0.1, -0.05) is 12.1 Å². The van der Waals surface area contributed by atoms with Gasteiger partial charge < -0.3 is 15.0 Å². The number of H-pyrrole nitrogens is 1. The van der Waals surface area contributed by atoms with Crippen molar-refractivity contribution < 1.29 is 14.3 Å². The van der Waals surface area contributed by atoms with Crippen LogP contribution in [0.2, 0.25) is 0 Å². The number of ether oxygens (including phenoxy) is 1. The summed E-state index contributed by atoms with van der Waals surface area (Å²) in [5.41, 5.74) is 2.59. The van der Waals surface area contributed by atoms with E-state index in [2.05, 4.69) is 15.3 Å². The van der Waals surface area contributed by atoms with Crippen molar-refractivity contribution in [1.82, 2.24) is 9.97 Å². The molecule has 150 valence electrons. The van der Waals surface area contributed by atoms with Crippen molar-refractivity contribution >= 4 is 39.1 Å². The van der Waals surface area contributed by atoms with Gasteiger partial charge in [-0.15, -0.1) is 11.3 Å². The van der Waals surface area contributed by atoms with E-state index in [4.69, 9.17) is 4.74 Å². The van der Waals surface area contributed by atoms with E-state index in [1.807, 2.05) is 13.0 Å². The third-order valence-corrected chi connectivity index (χ3v) is 6.20. The molecular weight excluding hydrogens is 390 g/mol. The Balaban J connectivity index is 1.61. The number of benzene rings is 1. The number of rotatable bonds is 4. The number of esters is 1. The van der Waals surface area contributed by atoms with E-state index in [1.54, 1.807) is 12.1 Å². The molecule has 0 unspecified atom stereocenters. The predicted octanol–water partition coefficient (Wildman–Crippen LogP) is 3.49. The monoisotopic (exact) mass is 411 g/mol. The Bertz CT molecular complexity index is 1180. The lowest BCUT2D eigenvalue weighted by molar-refractivity contribution is -0.114. The van der Waals surface area contributed by atoms with E-state index in [0.717, 1.165) is 41.7 Å². The number of carbonyl (C=O) groups excluding carboxylic acids is 2. The molecule has 0 bridgehead atoms. The fourth-order valence-corrected chi connectivity index (χ4v) is 4.98. The van der Waals surface area contributed by atoms with Crippen molar-refractivity contribution in [3.05, 3.63) is 55.9 Å². The molecular formula is C21H21N3O4S. The molecule has 0 radical (unpaired) electrons. The summed E-state index contributed by atoms with van der Waals surface area (Å²) in [5.74, 6) is -0.454.